The van der Waals surface area contributed by atoms with Crippen LogP contribution >= 0.6 is 0 Å². The third-order valence-electron chi connectivity index (χ3n) is 11.2. The second kappa shape index (κ2) is 13.6. The van der Waals surface area contributed by atoms with E-state index in [2.05, 4.69) is 228 Å². The van der Waals surface area contributed by atoms with Crippen molar-refractivity contribution in [2.45, 2.75) is 0 Å². The first-order valence-electron chi connectivity index (χ1n) is 19.4. The summed E-state index contributed by atoms with van der Waals surface area (Å²) in [6, 6.07) is 78.0. The number of hydrogen-bond donors (Lipinski definition) is 0. The first kappa shape index (κ1) is 32.8. The Balaban J connectivity index is 0.989. The Morgan fingerprint density at radius 2 is 0.754 bits per heavy atom. The van der Waals surface area contributed by atoms with Crippen molar-refractivity contribution in [1.82, 2.24) is 4.40 Å². The van der Waals surface area contributed by atoms with Crippen LogP contribution < -0.4 is 4.90 Å². The second-order valence-corrected chi connectivity index (χ2v) is 14.6. The van der Waals surface area contributed by atoms with E-state index in [4.69, 9.17) is 4.42 Å². The Hall–Kier alpha value is -7.62. The van der Waals surface area contributed by atoms with Crippen molar-refractivity contribution in [3.8, 4) is 44.5 Å². The molecule has 0 saturated heterocycles. The van der Waals surface area contributed by atoms with Gasteiger partial charge in [0.05, 0.1) is 16.6 Å². The summed E-state index contributed by atoms with van der Waals surface area (Å²) in [6.45, 7) is 0. The molecule has 268 valence electrons. The van der Waals surface area contributed by atoms with E-state index in [9.17, 15) is 0 Å². The predicted octanol–water partition coefficient (Wildman–Crippen LogP) is 15.1. The molecule has 0 saturated carbocycles. The number of aromatic nitrogens is 1. The molecule has 3 nitrogen and oxygen atoms in total. The van der Waals surface area contributed by atoms with Gasteiger partial charge < -0.3 is 9.32 Å². The van der Waals surface area contributed by atoms with Gasteiger partial charge in [0, 0.05) is 22.4 Å². The molecule has 11 aromatic rings. The lowest BCUT2D eigenvalue weighted by atomic mass is 10.0. The highest BCUT2D eigenvalue weighted by Gasteiger charge is 2.21. The maximum Gasteiger partial charge on any atom is 0.213 e. The van der Waals surface area contributed by atoms with Gasteiger partial charge in [-0.15, -0.1) is 0 Å². The van der Waals surface area contributed by atoms with Gasteiger partial charge in [-0.05, 0) is 110 Å². The maximum absolute atomic E-state index is 6.83. The standard InChI is InChI=1S/C54H36N2O/c1-4-12-37(13-5-1)39-20-27-46(28-21-39)55(47-29-22-40(23-30-47)38-14-6-2-7-15-38)48-31-24-41(25-32-48)45-26-33-50-52(36-45)57-54-53(42-16-8-3-9-17-42)49-34-43-18-10-11-19-44(43)35-51(49)56(50)54/h1-36H. The third kappa shape index (κ3) is 5.76. The number of fused-ring (bicyclic) bond motifs is 6. The second-order valence-electron chi connectivity index (χ2n) is 14.6. The quantitative estimate of drug-likeness (QED) is 0.163. The average Bonchev–Trinajstić information content (AvgIpc) is 3.81. The first-order valence-corrected chi connectivity index (χ1v) is 19.4. The maximum atomic E-state index is 6.83. The van der Waals surface area contributed by atoms with Crippen molar-refractivity contribution >= 4 is 55.6 Å². The molecular formula is C54H36N2O. The van der Waals surface area contributed by atoms with Gasteiger partial charge in [-0.3, -0.25) is 4.40 Å². The van der Waals surface area contributed by atoms with E-state index in [1.807, 2.05) is 0 Å². The van der Waals surface area contributed by atoms with Gasteiger partial charge in [0.15, 0.2) is 5.58 Å². The van der Waals surface area contributed by atoms with E-state index >= 15 is 0 Å². The minimum Gasteiger partial charge on any atom is -0.438 e. The van der Waals surface area contributed by atoms with Crippen LogP contribution in [0.15, 0.2) is 223 Å². The lowest BCUT2D eigenvalue weighted by molar-refractivity contribution is 0.658. The van der Waals surface area contributed by atoms with E-state index < -0.39 is 0 Å². The Labute approximate surface area is 330 Å². The summed E-state index contributed by atoms with van der Waals surface area (Å²) >= 11 is 0. The van der Waals surface area contributed by atoms with E-state index in [0.29, 0.717) is 0 Å². The predicted molar refractivity (Wildman–Crippen MR) is 239 cm³/mol. The molecular weight excluding hydrogens is 693 g/mol. The van der Waals surface area contributed by atoms with Gasteiger partial charge in [-0.1, -0.05) is 158 Å². The number of rotatable bonds is 7. The van der Waals surface area contributed by atoms with Crippen LogP contribution in [0, 0.1) is 0 Å². The van der Waals surface area contributed by atoms with Crippen molar-refractivity contribution in [2.24, 2.45) is 0 Å². The number of oxazole rings is 1. The Morgan fingerprint density at radius 3 is 1.28 bits per heavy atom. The van der Waals surface area contributed by atoms with Crippen LogP contribution in [0.5, 0.6) is 0 Å². The summed E-state index contributed by atoms with van der Waals surface area (Å²) in [5.41, 5.74) is 16.5. The molecule has 0 bridgehead atoms. The van der Waals surface area contributed by atoms with Crippen LogP contribution in [0.3, 0.4) is 0 Å². The van der Waals surface area contributed by atoms with Crippen LogP contribution in [-0.2, 0) is 0 Å². The minimum absolute atomic E-state index is 0.859. The summed E-state index contributed by atoms with van der Waals surface area (Å²) in [7, 11) is 0. The van der Waals surface area contributed by atoms with E-state index in [1.54, 1.807) is 0 Å². The van der Waals surface area contributed by atoms with Gasteiger partial charge in [-0.25, -0.2) is 0 Å². The smallest absolute Gasteiger partial charge is 0.213 e. The highest BCUT2D eigenvalue weighted by atomic mass is 16.3. The number of benzene rings is 9. The van der Waals surface area contributed by atoms with Crippen molar-refractivity contribution in [1.29, 1.82) is 0 Å². The summed E-state index contributed by atoms with van der Waals surface area (Å²) < 4.78 is 9.12. The van der Waals surface area contributed by atoms with Gasteiger partial charge in [0.2, 0.25) is 5.71 Å². The molecule has 0 aliphatic carbocycles. The Kier molecular flexibility index (Phi) is 7.82. The van der Waals surface area contributed by atoms with Crippen LogP contribution in [0.4, 0.5) is 17.1 Å². The molecule has 11 rings (SSSR count). The molecule has 9 aromatic carbocycles. The highest BCUT2D eigenvalue weighted by Crippen LogP contribution is 2.42. The first-order chi connectivity index (χ1) is 28.2. The summed E-state index contributed by atoms with van der Waals surface area (Å²) in [6.07, 6.45) is 0. The molecule has 0 atom stereocenters. The molecule has 57 heavy (non-hydrogen) atoms. The van der Waals surface area contributed by atoms with Crippen molar-refractivity contribution in [2.75, 3.05) is 4.90 Å². The summed E-state index contributed by atoms with van der Waals surface area (Å²) in [5.74, 6) is 0. The van der Waals surface area contributed by atoms with E-state index in [1.165, 1.54) is 38.4 Å². The zero-order chi connectivity index (χ0) is 37.7. The lowest BCUT2D eigenvalue weighted by Gasteiger charge is -2.26. The number of hydrogen-bond acceptors (Lipinski definition) is 2. The van der Waals surface area contributed by atoms with Crippen molar-refractivity contribution in [3.05, 3.63) is 218 Å². The zero-order valence-electron chi connectivity index (χ0n) is 31.1. The van der Waals surface area contributed by atoms with Gasteiger partial charge >= 0.3 is 0 Å². The van der Waals surface area contributed by atoms with Crippen LogP contribution in [0.1, 0.15) is 0 Å². The third-order valence-corrected chi connectivity index (χ3v) is 11.2. The van der Waals surface area contributed by atoms with Gasteiger partial charge in [-0.2, -0.15) is 0 Å². The molecule has 0 radical (unpaired) electrons. The topological polar surface area (TPSA) is 20.8 Å². The molecule has 3 heteroatoms. The van der Waals surface area contributed by atoms with Crippen LogP contribution in [0.2, 0.25) is 0 Å². The molecule has 0 aliphatic heterocycles. The molecule has 0 spiro atoms. The molecule has 2 heterocycles. The zero-order valence-corrected chi connectivity index (χ0v) is 31.1. The largest absolute Gasteiger partial charge is 0.438 e. The molecule has 0 unspecified atom stereocenters. The minimum atomic E-state index is 0.859. The fourth-order valence-electron chi connectivity index (χ4n) is 8.35. The van der Waals surface area contributed by atoms with Crippen LogP contribution in [0.25, 0.3) is 83.0 Å². The summed E-state index contributed by atoms with van der Waals surface area (Å²) in [5, 5.41) is 3.62. The lowest BCUT2D eigenvalue weighted by Crippen LogP contribution is -2.09. The number of anilines is 3. The molecule has 0 N–H and O–H groups in total. The molecule has 0 fully saturated rings. The Morgan fingerprint density at radius 1 is 0.333 bits per heavy atom. The van der Waals surface area contributed by atoms with Gasteiger partial charge in [0.25, 0.3) is 0 Å². The molecule has 0 aliphatic rings. The Bertz CT molecular complexity index is 3100. The monoisotopic (exact) mass is 728 g/mol. The highest BCUT2D eigenvalue weighted by molar-refractivity contribution is 6.11. The number of nitrogens with zero attached hydrogens (tertiary/aromatic N) is 2. The summed E-state index contributed by atoms with van der Waals surface area (Å²) in [4.78, 5) is 2.33. The molecule has 0 amide bonds. The SMILES string of the molecule is c1ccc(-c2ccc(N(c3ccc(-c4ccccc4)cc3)c3ccc(-c4ccc5c(c4)oc4c(-c6ccccc6)c6cc7ccccc7cc6n45)cc3)cc2)cc1. The fraction of sp³-hybridized carbons (Fsp3) is 0. The normalized spacial score (nSPS) is 11.5. The van der Waals surface area contributed by atoms with Crippen molar-refractivity contribution in [3.63, 3.8) is 0 Å². The van der Waals surface area contributed by atoms with Gasteiger partial charge in [0.1, 0.15) is 0 Å². The van der Waals surface area contributed by atoms with E-state index in [0.717, 1.165) is 61.6 Å². The van der Waals surface area contributed by atoms with E-state index in [-0.39, 0.29) is 0 Å². The molecule has 2 aromatic heterocycles. The van der Waals surface area contributed by atoms with Crippen LogP contribution in [-0.4, -0.2) is 4.40 Å². The fourth-order valence-corrected chi connectivity index (χ4v) is 8.35. The van der Waals surface area contributed by atoms with Crippen molar-refractivity contribution < 1.29 is 4.42 Å². The average molecular weight is 729 g/mol.